The number of Topliss-reactive ketones (excluding diaryl/α,β-unsaturated/α-hetero) is 1. The standard InChI is InChI=1S/C24H26ClN3O2/c1-13-9-16(11-21(25)24(13)30)15-3-8-22-19(10-15)23(20(12-27-22)14(2)29)28-18-6-4-17(26)5-7-18/h3,8-12,17-18,30H,4-7,26H2,1-2H3,(H,27,28)/t17-,18-. The average Bonchev–Trinajstić information content (AvgIpc) is 2.73. The van der Waals surface area contributed by atoms with E-state index in [9.17, 15) is 9.90 Å². The number of carbonyl (C=O) groups is 1. The van der Waals surface area contributed by atoms with Crippen LogP contribution in [0.3, 0.4) is 0 Å². The Morgan fingerprint density at radius 2 is 1.90 bits per heavy atom. The third kappa shape index (κ3) is 4.00. The Hall–Kier alpha value is -2.63. The first-order valence-corrected chi connectivity index (χ1v) is 10.7. The molecule has 1 heterocycles. The maximum atomic E-state index is 12.3. The molecule has 0 unspecified atom stereocenters. The predicted molar refractivity (Wildman–Crippen MR) is 122 cm³/mol. The average molecular weight is 424 g/mol. The van der Waals surface area contributed by atoms with Crippen LogP contribution in [0.5, 0.6) is 5.75 Å². The zero-order chi connectivity index (χ0) is 21.4. The van der Waals surface area contributed by atoms with Crippen molar-refractivity contribution in [1.29, 1.82) is 0 Å². The number of fused-ring (bicyclic) bond motifs is 1. The molecule has 5 nitrogen and oxygen atoms in total. The maximum Gasteiger partial charge on any atom is 0.163 e. The number of pyridine rings is 1. The van der Waals surface area contributed by atoms with E-state index in [1.165, 1.54) is 0 Å². The van der Waals surface area contributed by atoms with Gasteiger partial charge in [-0.25, -0.2) is 0 Å². The molecule has 156 valence electrons. The van der Waals surface area contributed by atoms with Crippen LogP contribution in [-0.2, 0) is 0 Å². The van der Waals surface area contributed by atoms with E-state index in [0.29, 0.717) is 16.1 Å². The second-order valence-electron chi connectivity index (χ2n) is 8.21. The van der Waals surface area contributed by atoms with Crippen LogP contribution in [-0.4, -0.2) is 28.0 Å². The van der Waals surface area contributed by atoms with Crippen molar-refractivity contribution in [3.63, 3.8) is 0 Å². The molecule has 0 spiro atoms. The SMILES string of the molecule is CC(=O)c1cnc2ccc(-c3cc(C)c(O)c(Cl)c3)cc2c1N[C@H]1CC[C@H](N)CC1. The van der Waals surface area contributed by atoms with E-state index in [1.807, 2.05) is 31.2 Å². The van der Waals surface area contributed by atoms with Gasteiger partial charge in [0.05, 0.1) is 21.8 Å². The molecule has 6 heteroatoms. The highest BCUT2D eigenvalue weighted by molar-refractivity contribution is 6.32. The number of carbonyl (C=O) groups excluding carboxylic acids is 1. The molecule has 4 N–H and O–H groups in total. The number of phenols is 1. The fraction of sp³-hybridized carbons (Fsp3) is 0.333. The maximum absolute atomic E-state index is 12.3. The summed E-state index contributed by atoms with van der Waals surface area (Å²) in [6, 6.07) is 10.2. The topological polar surface area (TPSA) is 88.2 Å². The third-order valence-corrected chi connectivity index (χ3v) is 6.24. The van der Waals surface area contributed by atoms with Crippen LogP contribution in [0.15, 0.2) is 36.5 Å². The highest BCUT2D eigenvalue weighted by Gasteiger charge is 2.21. The Balaban J connectivity index is 1.82. The van der Waals surface area contributed by atoms with Gasteiger partial charge in [0.25, 0.3) is 0 Å². The highest BCUT2D eigenvalue weighted by Crippen LogP contribution is 2.36. The summed E-state index contributed by atoms with van der Waals surface area (Å²) in [7, 11) is 0. The molecular weight excluding hydrogens is 398 g/mol. The molecular formula is C24H26ClN3O2. The lowest BCUT2D eigenvalue weighted by Crippen LogP contribution is -2.33. The monoisotopic (exact) mass is 423 g/mol. The lowest BCUT2D eigenvalue weighted by atomic mass is 9.91. The number of aromatic nitrogens is 1. The summed E-state index contributed by atoms with van der Waals surface area (Å²) in [6.45, 7) is 3.39. The molecule has 1 fully saturated rings. The second kappa shape index (κ2) is 8.25. The van der Waals surface area contributed by atoms with Gasteiger partial charge in [0.15, 0.2) is 5.78 Å². The molecule has 0 bridgehead atoms. The van der Waals surface area contributed by atoms with Crippen molar-refractivity contribution in [3.8, 4) is 16.9 Å². The second-order valence-corrected chi connectivity index (χ2v) is 8.62. The first-order chi connectivity index (χ1) is 14.3. The van der Waals surface area contributed by atoms with E-state index in [4.69, 9.17) is 17.3 Å². The van der Waals surface area contributed by atoms with E-state index < -0.39 is 0 Å². The predicted octanol–water partition coefficient (Wildman–Crippen LogP) is 5.45. The van der Waals surface area contributed by atoms with E-state index >= 15 is 0 Å². The number of hydrogen-bond donors (Lipinski definition) is 3. The minimum absolute atomic E-state index is 0.0201. The molecule has 0 aliphatic heterocycles. The smallest absolute Gasteiger partial charge is 0.163 e. The van der Waals surface area contributed by atoms with Gasteiger partial charge in [-0.15, -0.1) is 0 Å². The van der Waals surface area contributed by atoms with Gasteiger partial charge in [0, 0.05) is 23.7 Å². The molecule has 0 atom stereocenters. The van der Waals surface area contributed by atoms with Crippen molar-refractivity contribution in [2.45, 2.75) is 51.6 Å². The molecule has 1 aliphatic rings. The molecule has 4 rings (SSSR count). The van der Waals surface area contributed by atoms with Crippen LogP contribution in [0, 0.1) is 6.92 Å². The van der Waals surface area contributed by atoms with Gasteiger partial charge in [0.2, 0.25) is 0 Å². The first-order valence-electron chi connectivity index (χ1n) is 10.3. The number of phenolic OH excluding ortho intramolecular Hbond substituents is 1. The van der Waals surface area contributed by atoms with Crippen LogP contribution in [0.2, 0.25) is 5.02 Å². The van der Waals surface area contributed by atoms with Gasteiger partial charge in [-0.2, -0.15) is 0 Å². The molecule has 0 radical (unpaired) electrons. The fourth-order valence-electron chi connectivity index (χ4n) is 4.17. The highest BCUT2D eigenvalue weighted by atomic mass is 35.5. The summed E-state index contributed by atoms with van der Waals surface area (Å²) in [5, 5.41) is 14.8. The van der Waals surface area contributed by atoms with Crippen LogP contribution in [0.25, 0.3) is 22.0 Å². The van der Waals surface area contributed by atoms with Crippen LogP contribution < -0.4 is 11.1 Å². The van der Waals surface area contributed by atoms with E-state index in [2.05, 4.69) is 10.3 Å². The van der Waals surface area contributed by atoms with E-state index in [0.717, 1.165) is 53.4 Å². The summed E-state index contributed by atoms with van der Waals surface area (Å²) < 4.78 is 0. The molecule has 3 aromatic rings. The molecule has 30 heavy (non-hydrogen) atoms. The Morgan fingerprint density at radius 1 is 1.17 bits per heavy atom. The molecule has 2 aromatic carbocycles. The fourth-order valence-corrected chi connectivity index (χ4v) is 4.43. The first kappa shape index (κ1) is 20.6. The van der Waals surface area contributed by atoms with Crippen molar-refractivity contribution >= 4 is 34.0 Å². The summed E-state index contributed by atoms with van der Waals surface area (Å²) in [4.78, 5) is 16.8. The van der Waals surface area contributed by atoms with Crippen molar-refractivity contribution in [2.75, 3.05) is 5.32 Å². The molecule has 0 amide bonds. The Bertz CT molecular complexity index is 1100. The number of nitrogens with zero attached hydrogens (tertiary/aromatic N) is 1. The van der Waals surface area contributed by atoms with Gasteiger partial charge >= 0.3 is 0 Å². The number of hydrogen-bond acceptors (Lipinski definition) is 5. The molecule has 0 saturated heterocycles. The zero-order valence-electron chi connectivity index (χ0n) is 17.2. The van der Waals surface area contributed by atoms with Crippen LogP contribution in [0.4, 0.5) is 5.69 Å². The largest absolute Gasteiger partial charge is 0.506 e. The molecule has 1 aliphatic carbocycles. The normalized spacial score (nSPS) is 19.1. The number of ketones is 1. The number of anilines is 1. The van der Waals surface area contributed by atoms with E-state index in [-0.39, 0.29) is 23.6 Å². The summed E-state index contributed by atoms with van der Waals surface area (Å²) in [6.07, 6.45) is 5.58. The Morgan fingerprint density at radius 3 is 2.57 bits per heavy atom. The van der Waals surface area contributed by atoms with Gasteiger partial charge in [-0.1, -0.05) is 17.7 Å². The number of benzene rings is 2. The number of nitrogens with one attached hydrogen (secondary N) is 1. The lowest BCUT2D eigenvalue weighted by Gasteiger charge is -2.28. The Kier molecular flexibility index (Phi) is 5.67. The van der Waals surface area contributed by atoms with E-state index in [1.54, 1.807) is 19.2 Å². The number of aromatic hydroxyl groups is 1. The summed E-state index contributed by atoms with van der Waals surface area (Å²) >= 11 is 6.20. The van der Waals surface area contributed by atoms with Crippen molar-refractivity contribution in [1.82, 2.24) is 4.98 Å². The summed E-state index contributed by atoms with van der Waals surface area (Å²) in [5.74, 6) is 0.0768. The zero-order valence-corrected chi connectivity index (χ0v) is 18.0. The van der Waals surface area contributed by atoms with Gasteiger partial charge in [0.1, 0.15) is 5.75 Å². The molecule has 1 saturated carbocycles. The number of aryl methyl sites for hydroxylation is 1. The summed E-state index contributed by atoms with van der Waals surface area (Å²) in [5.41, 5.74) is 10.9. The number of halogens is 1. The van der Waals surface area contributed by atoms with Crippen LogP contribution >= 0.6 is 11.6 Å². The minimum atomic E-state index is -0.0201. The minimum Gasteiger partial charge on any atom is -0.506 e. The quantitative estimate of drug-likeness (QED) is 0.485. The van der Waals surface area contributed by atoms with Crippen molar-refractivity contribution in [2.24, 2.45) is 5.73 Å². The molecule has 1 aromatic heterocycles. The number of nitrogens with two attached hydrogens (primary N) is 1. The third-order valence-electron chi connectivity index (χ3n) is 5.95. The van der Waals surface area contributed by atoms with Gasteiger partial charge < -0.3 is 16.2 Å². The van der Waals surface area contributed by atoms with Crippen molar-refractivity contribution in [3.05, 3.63) is 52.7 Å². The Labute approximate surface area is 181 Å². The number of rotatable bonds is 4. The lowest BCUT2D eigenvalue weighted by molar-refractivity contribution is 0.101. The van der Waals surface area contributed by atoms with Gasteiger partial charge in [-0.3, -0.25) is 9.78 Å². The van der Waals surface area contributed by atoms with Crippen LogP contribution in [0.1, 0.15) is 48.5 Å². The van der Waals surface area contributed by atoms with Gasteiger partial charge in [-0.05, 0) is 80.5 Å². The van der Waals surface area contributed by atoms with Crippen molar-refractivity contribution < 1.29 is 9.90 Å².